The molecule has 158 valence electrons. The van der Waals surface area contributed by atoms with E-state index in [4.69, 9.17) is 32.9 Å². The molecule has 7 nitrogen and oxygen atoms in total. The van der Waals surface area contributed by atoms with Gasteiger partial charge in [0.15, 0.2) is 5.82 Å². The number of halogens is 2. The summed E-state index contributed by atoms with van der Waals surface area (Å²) in [6.45, 7) is 1.31. The molecular weight excluding hydrogens is 435 g/mol. The summed E-state index contributed by atoms with van der Waals surface area (Å²) >= 11 is 12.5. The number of aromatic amines is 1. The monoisotopic (exact) mass is 454 g/mol. The van der Waals surface area contributed by atoms with Crippen LogP contribution in [-0.4, -0.2) is 40.4 Å². The van der Waals surface area contributed by atoms with E-state index >= 15 is 0 Å². The van der Waals surface area contributed by atoms with Gasteiger partial charge < -0.3 is 15.4 Å². The molecule has 4 aromatic rings. The number of para-hydroxylation sites is 1. The number of ether oxygens (including phenoxy) is 1. The highest BCUT2D eigenvalue weighted by Crippen LogP contribution is 2.33. The number of aromatic nitrogens is 4. The average Bonchev–Trinajstić information content (AvgIpc) is 3.30. The van der Waals surface area contributed by atoms with Gasteiger partial charge in [0.05, 0.1) is 24.0 Å². The molecule has 0 fully saturated rings. The molecule has 3 N–H and O–H groups in total. The van der Waals surface area contributed by atoms with Gasteiger partial charge in [-0.15, -0.1) is 0 Å². The van der Waals surface area contributed by atoms with Gasteiger partial charge in [0.1, 0.15) is 17.4 Å². The lowest BCUT2D eigenvalue weighted by Crippen LogP contribution is -2.15. The molecule has 9 heteroatoms. The molecule has 4 rings (SSSR count). The summed E-state index contributed by atoms with van der Waals surface area (Å²) < 4.78 is 5.52. The zero-order chi connectivity index (χ0) is 21.6. The summed E-state index contributed by atoms with van der Waals surface area (Å²) in [6.07, 6.45) is 1.70. The maximum atomic E-state index is 6.43. The second kappa shape index (κ2) is 9.68. The second-order valence-electron chi connectivity index (χ2n) is 6.61. The Balaban J connectivity index is 1.66. The molecule has 0 saturated heterocycles. The van der Waals surface area contributed by atoms with Crippen molar-refractivity contribution >= 4 is 34.8 Å². The van der Waals surface area contributed by atoms with Crippen molar-refractivity contribution in [2.45, 2.75) is 0 Å². The topological polar surface area (TPSA) is 87.8 Å². The van der Waals surface area contributed by atoms with Crippen molar-refractivity contribution in [3.63, 3.8) is 0 Å². The number of nitrogens with zero attached hydrogens (tertiary/aromatic N) is 3. The van der Waals surface area contributed by atoms with Crippen LogP contribution >= 0.6 is 23.2 Å². The van der Waals surface area contributed by atoms with Crippen molar-refractivity contribution in [2.24, 2.45) is 0 Å². The average molecular weight is 455 g/mol. The van der Waals surface area contributed by atoms with E-state index in [0.717, 1.165) is 22.8 Å². The molecule has 0 atom stereocenters. The molecule has 0 bridgehead atoms. The van der Waals surface area contributed by atoms with Crippen molar-refractivity contribution < 1.29 is 4.74 Å². The predicted molar refractivity (Wildman–Crippen MR) is 125 cm³/mol. The van der Waals surface area contributed by atoms with Crippen LogP contribution < -0.4 is 15.4 Å². The normalized spacial score (nSPS) is 10.7. The Bertz CT molecular complexity index is 1170. The first-order chi connectivity index (χ1) is 15.1. The van der Waals surface area contributed by atoms with Gasteiger partial charge in [0.2, 0.25) is 0 Å². The predicted octanol–water partition coefficient (Wildman–Crippen LogP) is 5.37. The Hall–Kier alpha value is -3.29. The van der Waals surface area contributed by atoms with Crippen LogP contribution in [0.5, 0.6) is 5.75 Å². The van der Waals surface area contributed by atoms with E-state index < -0.39 is 0 Å². The molecule has 31 heavy (non-hydrogen) atoms. The standard InChI is InChI=1S/C22H20Cl2N6O/c1-31-19-5-3-2-4-16(19)18-13-21(26-11-10-25-20-8-9-27-30-20)29-22(28-18)15-7-6-14(23)12-17(15)24/h2-9,12-13H,10-11H2,1H3,(H2,25,27,30)(H,26,28,29). The summed E-state index contributed by atoms with van der Waals surface area (Å²) in [5, 5.41) is 14.4. The fourth-order valence-corrected chi connectivity index (χ4v) is 3.56. The Kier molecular flexibility index (Phi) is 6.54. The minimum Gasteiger partial charge on any atom is -0.496 e. The zero-order valence-electron chi connectivity index (χ0n) is 16.7. The third kappa shape index (κ3) is 5.07. The number of benzene rings is 2. The number of H-pyrrole nitrogens is 1. The fraction of sp³-hybridized carbons (Fsp3) is 0.136. The van der Waals surface area contributed by atoms with E-state index in [1.807, 2.05) is 42.5 Å². The van der Waals surface area contributed by atoms with Gasteiger partial charge in [-0.3, -0.25) is 5.10 Å². The zero-order valence-corrected chi connectivity index (χ0v) is 18.2. The van der Waals surface area contributed by atoms with E-state index in [2.05, 4.69) is 25.8 Å². The van der Waals surface area contributed by atoms with Gasteiger partial charge in [0.25, 0.3) is 0 Å². The SMILES string of the molecule is COc1ccccc1-c1cc(NCCNc2ccn[nH]2)nc(-c2ccc(Cl)cc2Cl)n1. The lowest BCUT2D eigenvalue weighted by molar-refractivity contribution is 0.416. The Morgan fingerprint density at radius 3 is 2.55 bits per heavy atom. The van der Waals surface area contributed by atoms with Gasteiger partial charge in [0, 0.05) is 35.3 Å². The van der Waals surface area contributed by atoms with Crippen LogP contribution in [0.2, 0.25) is 10.0 Å². The number of nitrogens with one attached hydrogen (secondary N) is 3. The summed E-state index contributed by atoms with van der Waals surface area (Å²) in [5.41, 5.74) is 2.27. The maximum Gasteiger partial charge on any atom is 0.163 e. The highest BCUT2D eigenvalue weighted by molar-refractivity contribution is 6.36. The van der Waals surface area contributed by atoms with Crippen molar-refractivity contribution in [1.29, 1.82) is 0 Å². The number of methoxy groups -OCH3 is 1. The third-order valence-corrected chi connectivity index (χ3v) is 5.08. The molecule has 0 aliphatic carbocycles. The molecule has 0 aliphatic heterocycles. The van der Waals surface area contributed by atoms with Crippen LogP contribution in [0.25, 0.3) is 22.6 Å². The molecule has 2 heterocycles. The third-order valence-electron chi connectivity index (χ3n) is 4.53. The Morgan fingerprint density at radius 1 is 0.935 bits per heavy atom. The Morgan fingerprint density at radius 2 is 1.77 bits per heavy atom. The van der Waals surface area contributed by atoms with Crippen molar-refractivity contribution in [3.05, 3.63) is 70.8 Å². The smallest absolute Gasteiger partial charge is 0.163 e. The quantitative estimate of drug-likeness (QED) is 0.310. The van der Waals surface area contributed by atoms with E-state index in [0.29, 0.717) is 40.3 Å². The molecule has 2 aromatic heterocycles. The van der Waals surface area contributed by atoms with Gasteiger partial charge in [-0.25, -0.2) is 9.97 Å². The van der Waals surface area contributed by atoms with Crippen LogP contribution in [0.1, 0.15) is 0 Å². The summed E-state index contributed by atoms with van der Waals surface area (Å²) in [5.74, 6) is 2.74. The highest BCUT2D eigenvalue weighted by Gasteiger charge is 2.14. The first kappa shape index (κ1) is 21.0. The first-order valence-electron chi connectivity index (χ1n) is 9.59. The van der Waals surface area contributed by atoms with Crippen molar-refractivity contribution in [1.82, 2.24) is 20.2 Å². The van der Waals surface area contributed by atoms with E-state index in [1.165, 1.54) is 0 Å². The molecule has 0 spiro atoms. The lowest BCUT2D eigenvalue weighted by Gasteiger charge is -2.13. The molecular formula is C22H20Cl2N6O. The summed E-state index contributed by atoms with van der Waals surface area (Å²) in [7, 11) is 1.64. The van der Waals surface area contributed by atoms with E-state index in [1.54, 1.807) is 25.4 Å². The molecule has 0 aliphatic rings. The molecule has 0 radical (unpaired) electrons. The van der Waals surface area contributed by atoms with Gasteiger partial charge >= 0.3 is 0 Å². The maximum absolute atomic E-state index is 6.43. The van der Waals surface area contributed by atoms with Crippen LogP contribution in [0.4, 0.5) is 11.6 Å². The van der Waals surface area contributed by atoms with Gasteiger partial charge in [-0.05, 0) is 36.4 Å². The second-order valence-corrected chi connectivity index (χ2v) is 7.45. The Labute approximate surface area is 189 Å². The highest BCUT2D eigenvalue weighted by atomic mass is 35.5. The minimum absolute atomic E-state index is 0.483. The summed E-state index contributed by atoms with van der Waals surface area (Å²) in [6, 6.07) is 16.7. The van der Waals surface area contributed by atoms with Crippen LogP contribution in [-0.2, 0) is 0 Å². The van der Waals surface area contributed by atoms with E-state index in [-0.39, 0.29) is 0 Å². The molecule has 0 saturated carbocycles. The van der Waals surface area contributed by atoms with Crippen molar-refractivity contribution in [2.75, 3.05) is 30.8 Å². The van der Waals surface area contributed by atoms with Crippen molar-refractivity contribution in [3.8, 4) is 28.4 Å². The number of hydrogen-bond acceptors (Lipinski definition) is 6. The van der Waals surface area contributed by atoms with Gasteiger partial charge in [-0.2, -0.15) is 5.10 Å². The first-order valence-corrected chi connectivity index (χ1v) is 10.3. The largest absolute Gasteiger partial charge is 0.496 e. The molecule has 0 amide bonds. The lowest BCUT2D eigenvalue weighted by atomic mass is 10.1. The number of hydrogen-bond donors (Lipinski definition) is 3. The fourth-order valence-electron chi connectivity index (χ4n) is 3.07. The van der Waals surface area contributed by atoms with Crippen LogP contribution in [0, 0.1) is 0 Å². The van der Waals surface area contributed by atoms with Crippen LogP contribution in [0.15, 0.2) is 60.8 Å². The van der Waals surface area contributed by atoms with Crippen LogP contribution in [0.3, 0.4) is 0 Å². The number of rotatable bonds is 8. The van der Waals surface area contributed by atoms with E-state index in [9.17, 15) is 0 Å². The van der Waals surface area contributed by atoms with Gasteiger partial charge in [-0.1, -0.05) is 35.3 Å². The number of anilines is 2. The summed E-state index contributed by atoms with van der Waals surface area (Å²) in [4.78, 5) is 9.43. The minimum atomic E-state index is 0.483. The molecule has 0 unspecified atom stereocenters. The molecule has 2 aromatic carbocycles.